The Kier molecular flexibility index (Phi) is 3.88. The number of pyridine rings is 1. The van der Waals surface area contributed by atoms with E-state index in [2.05, 4.69) is 73.4 Å². The van der Waals surface area contributed by atoms with Crippen LogP contribution >= 0.6 is 0 Å². The van der Waals surface area contributed by atoms with Gasteiger partial charge in [-0.2, -0.15) is 0 Å². The first-order chi connectivity index (χ1) is 11.6. The average molecular weight is 315 g/mol. The molecule has 0 aliphatic heterocycles. The van der Waals surface area contributed by atoms with Crippen LogP contribution in [0.15, 0.2) is 60.8 Å². The van der Waals surface area contributed by atoms with E-state index in [0.717, 1.165) is 11.6 Å². The summed E-state index contributed by atoms with van der Waals surface area (Å²) in [7, 11) is 0. The van der Waals surface area contributed by atoms with Crippen molar-refractivity contribution in [1.82, 2.24) is 4.98 Å². The van der Waals surface area contributed by atoms with Gasteiger partial charge in [0.1, 0.15) is 0 Å². The summed E-state index contributed by atoms with van der Waals surface area (Å²) in [5.41, 5.74) is 4.31. The van der Waals surface area contributed by atoms with Crippen molar-refractivity contribution in [3.05, 3.63) is 66.4 Å². The molecular weight excluding hydrogens is 290 g/mol. The summed E-state index contributed by atoms with van der Waals surface area (Å²) in [5.74, 6) is 0.718. The van der Waals surface area contributed by atoms with Gasteiger partial charge in [0, 0.05) is 17.1 Å². The summed E-state index contributed by atoms with van der Waals surface area (Å²) in [5, 5.41) is 2.56. The summed E-state index contributed by atoms with van der Waals surface area (Å²) in [4.78, 5) is 4.64. The fourth-order valence-corrected chi connectivity index (χ4v) is 4.01. The predicted molar refractivity (Wildman–Crippen MR) is 102 cm³/mol. The van der Waals surface area contributed by atoms with Gasteiger partial charge >= 0.3 is 0 Å². The van der Waals surface area contributed by atoms with Crippen LogP contribution < -0.4 is 0 Å². The van der Waals surface area contributed by atoms with Gasteiger partial charge in [-0.05, 0) is 54.0 Å². The van der Waals surface area contributed by atoms with Gasteiger partial charge in [-0.25, -0.2) is 0 Å². The Balaban J connectivity index is 1.70. The summed E-state index contributed by atoms with van der Waals surface area (Å²) in [6, 6.07) is 19.6. The minimum atomic E-state index is 0.526. The first-order valence-corrected chi connectivity index (χ1v) is 9.06. The molecule has 1 heterocycles. The molecule has 24 heavy (non-hydrogen) atoms. The number of fused-ring (bicyclic) bond motifs is 1. The molecule has 0 radical (unpaired) electrons. The molecule has 0 spiro atoms. The highest BCUT2D eigenvalue weighted by Gasteiger charge is 2.27. The minimum absolute atomic E-state index is 0.526. The van der Waals surface area contributed by atoms with Crippen molar-refractivity contribution < 1.29 is 0 Å². The molecule has 0 atom stereocenters. The Morgan fingerprint density at radius 3 is 2.42 bits per heavy atom. The molecule has 122 valence electrons. The highest BCUT2D eigenvalue weighted by atomic mass is 14.7. The molecule has 2 aromatic carbocycles. The van der Waals surface area contributed by atoms with Crippen LogP contribution in [0.5, 0.6) is 0 Å². The normalized spacial score (nSPS) is 17.9. The Bertz CT molecular complexity index is 838. The fourth-order valence-electron chi connectivity index (χ4n) is 4.01. The molecule has 1 aliphatic carbocycles. The van der Waals surface area contributed by atoms with Gasteiger partial charge in [-0.15, -0.1) is 0 Å². The minimum Gasteiger partial charge on any atom is -0.256 e. The summed E-state index contributed by atoms with van der Waals surface area (Å²) >= 11 is 0. The maximum Gasteiger partial charge on any atom is 0.0780 e. The molecule has 0 unspecified atom stereocenters. The van der Waals surface area contributed by atoms with E-state index in [-0.39, 0.29) is 0 Å². The third-order valence-corrected chi connectivity index (χ3v) is 5.65. The second kappa shape index (κ2) is 6.05. The van der Waals surface area contributed by atoms with Crippen LogP contribution in [0.2, 0.25) is 0 Å². The maximum atomic E-state index is 4.64. The van der Waals surface area contributed by atoms with Gasteiger partial charge < -0.3 is 0 Å². The SMILES string of the molecule is CC1(C)CCC(c2ccc3c(-c4ccccc4)nccc3c2)CC1. The first kappa shape index (κ1) is 15.4. The largest absolute Gasteiger partial charge is 0.256 e. The molecule has 0 amide bonds. The average Bonchev–Trinajstić information content (AvgIpc) is 2.61. The van der Waals surface area contributed by atoms with Crippen molar-refractivity contribution in [2.24, 2.45) is 5.41 Å². The molecule has 1 saturated carbocycles. The molecule has 1 heteroatoms. The molecule has 0 bridgehead atoms. The van der Waals surface area contributed by atoms with E-state index in [1.807, 2.05) is 6.20 Å². The lowest BCUT2D eigenvalue weighted by atomic mass is 9.71. The lowest BCUT2D eigenvalue weighted by Crippen LogP contribution is -2.20. The predicted octanol–water partition coefficient (Wildman–Crippen LogP) is 6.59. The van der Waals surface area contributed by atoms with Crippen LogP contribution in [0.4, 0.5) is 0 Å². The zero-order chi connectivity index (χ0) is 16.6. The van der Waals surface area contributed by atoms with Crippen LogP contribution in [0.25, 0.3) is 22.0 Å². The van der Waals surface area contributed by atoms with Gasteiger partial charge in [0.25, 0.3) is 0 Å². The third kappa shape index (κ3) is 2.96. The van der Waals surface area contributed by atoms with E-state index in [4.69, 9.17) is 0 Å². The van der Waals surface area contributed by atoms with Crippen LogP contribution in [0, 0.1) is 5.41 Å². The molecular formula is C23H25N. The molecule has 1 nitrogen and oxygen atoms in total. The van der Waals surface area contributed by atoms with Crippen LogP contribution in [-0.2, 0) is 0 Å². The summed E-state index contributed by atoms with van der Waals surface area (Å²) in [6.45, 7) is 4.81. The Hall–Kier alpha value is -2.15. The van der Waals surface area contributed by atoms with E-state index in [1.54, 1.807) is 0 Å². The quantitative estimate of drug-likeness (QED) is 0.520. The summed E-state index contributed by atoms with van der Waals surface area (Å²) in [6.07, 6.45) is 7.24. The van der Waals surface area contributed by atoms with E-state index in [1.165, 1.54) is 47.6 Å². The lowest BCUT2D eigenvalue weighted by Gasteiger charge is -2.34. The van der Waals surface area contributed by atoms with Crippen LogP contribution in [0.1, 0.15) is 51.0 Å². The summed E-state index contributed by atoms with van der Waals surface area (Å²) < 4.78 is 0. The van der Waals surface area contributed by atoms with Crippen molar-refractivity contribution in [2.75, 3.05) is 0 Å². The zero-order valence-electron chi connectivity index (χ0n) is 14.6. The molecule has 1 aromatic heterocycles. The van der Waals surface area contributed by atoms with Crippen molar-refractivity contribution in [2.45, 2.75) is 45.4 Å². The van der Waals surface area contributed by atoms with Crippen molar-refractivity contribution in [3.8, 4) is 11.3 Å². The molecule has 4 rings (SSSR count). The smallest absolute Gasteiger partial charge is 0.0780 e. The van der Waals surface area contributed by atoms with Gasteiger partial charge in [-0.1, -0.05) is 62.4 Å². The Labute approximate surface area is 144 Å². The number of hydrogen-bond acceptors (Lipinski definition) is 1. The van der Waals surface area contributed by atoms with E-state index in [9.17, 15) is 0 Å². The fraction of sp³-hybridized carbons (Fsp3) is 0.348. The van der Waals surface area contributed by atoms with Crippen LogP contribution in [-0.4, -0.2) is 4.98 Å². The number of nitrogens with zero attached hydrogens (tertiary/aromatic N) is 1. The van der Waals surface area contributed by atoms with Gasteiger partial charge in [0.2, 0.25) is 0 Å². The van der Waals surface area contributed by atoms with Crippen molar-refractivity contribution >= 4 is 10.8 Å². The monoisotopic (exact) mass is 315 g/mol. The molecule has 0 saturated heterocycles. The second-order valence-electron chi connectivity index (χ2n) is 7.94. The lowest BCUT2D eigenvalue weighted by molar-refractivity contribution is 0.224. The van der Waals surface area contributed by atoms with Gasteiger partial charge in [-0.3, -0.25) is 4.98 Å². The second-order valence-corrected chi connectivity index (χ2v) is 7.94. The van der Waals surface area contributed by atoms with Gasteiger partial charge in [0.05, 0.1) is 5.69 Å². The topological polar surface area (TPSA) is 12.9 Å². The first-order valence-electron chi connectivity index (χ1n) is 9.06. The number of hydrogen-bond donors (Lipinski definition) is 0. The molecule has 0 N–H and O–H groups in total. The van der Waals surface area contributed by atoms with E-state index in [0.29, 0.717) is 5.41 Å². The third-order valence-electron chi connectivity index (χ3n) is 5.65. The van der Waals surface area contributed by atoms with E-state index >= 15 is 0 Å². The standard InChI is InChI=1S/C23H25N/c1-23(2)13-10-17(11-14-23)19-8-9-21-20(16-19)12-15-24-22(21)18-6-4-3-5-7-18/h3-9,12,15-17H,10-11,13-14H2,1-2H3. The number of benzene rings is 2. The van der Waals surface area contributed by atoms with Crippen molar-refractivity contribution in [1.29, 1.82) is 0 Å². The van der Waals surface area contributed by atoms with Crippen molar-refractivity contribution in [3.63, 3.8) is 0 Å². The van der Waals surface area contributed by atoms with Gasteiger partial charge in [0.15, 0.2) is 0 Å². The highest BCUT2D eigenvalue weighted by Crippen LogP contribution is 2.43. The Morgan fingerprint density at radius 1 is 0.917 bits per heavy atom. The maximum absolute atomic E-state index is 4.64. The zero-order valence-corrected chi connectivity index (χ0v) is 14.6. The molecule has 1 aliphatic rings. The molecule has 1 fully saturated rings. The molecule has 3 aromatic rings. The highest BCUT2D eigenvalue weighted by molar-refractivity contribution is 5.94. The number of rotatable bonds is 2. The van der Waals surface area contributed by atoms with E-state index < -0.39 is 0 Å². The number of aromatic nitrogens is 1. The Morgan fingerprint density at radius 2 is 1.67 bits per heavy atom. The van der Waals surface area contributed by atoms with Crippen LogP contribution in [0.3, 0.4) is 0 Å².